The second kappa shape index (κ2) is 11.1. The predicted octanol–water partition coefficient (Wildman–Crippen LogP) is 4.88. The zero-order valence-corrected chi connectivity index (χ0v) is 20.9. The zero-order chi connectivity index (χ0) is 25.9. The van der Waals surface area contributed by atoms with Crippen molar-refractivity contribution in [2.24, 2.45) is 11.8 Å². The number of amides is 1. The van der Waals surface area contributed by atoms with Crippen molar-refractivity contribution >= 4 is 23.3 Å². The first-order chi connectivity index (χ1) is 17.9. The molecule has 2 N–H and O–H groups in total. The Hall–Kier alpha value is -3.13. The SMILES string of the molecule is O=C(NC(CCN1CC2CNC[C@H]2[C@H]1C(=O)c1c(F)cccc1Cl)c1ccccc1)c1ccccc1F. The van der Waals surface area contributed by atoms with Crippen LogP contribution in [0.15, 0.2) is 72.8 Å². The van der Waals surface area contributed by atoms with Gasteiger partial charge in [-0.05, 0) is 54.6 Å². The van der Waals surface area contributed by atoms with Gasteiger partial charge in [0.25, 0.3) is 5.91 Å². The molecular weight excluding hydrogens is 496 g/mol. The molecule has 0 aromatic heterocycles. The van der Waals surface area contributed by atoms with E-state index in [1.807, 2.05) is 30.3 Å². The number of likely N-dealkylation sites (tertiary alicyclic amines) is 1. The maximum absolute atomic E-state index is 14.7. The highest BCUT2D eigenvalue weighted by molar-refractivity contribution is 6.34. The summed E-state index contributed by atoms with van der Waals surface area (Å²) in [5.41, 5.74) is 0.792. The summed E-state index contributed by atoms with van der Waals surface area (Å²) < 4.78 is 28.9. The van der Waals surface area contributed by atoms with Crippen LogP contribution in [0.3, 0.4) is 0 Å². The monoisotopic (exact) mass is 523 g/mol. The number of hydrogen-bond acceptors (Lipinski definition) is 4. The van der Waals surface area contributed by atoms with Gasteiger partial charge in [0.05, 0.1) is 28.2 Å². The number of Topliss-reactive ketones (excluding diaryl/α,β-unsaturated/α-hetero) is 1. The number of carbonyl (C=O) groups excluding carboxylic acids is 2. The second-order valence-corrected chi connectivity index (χ2v) is 10.1. The van der Waals surface area contributed by atoms with Crippen molar-refractivity contribution in [1.82, 2.24) is 15.5 Å². The molecule has 5 rings (SSSR count). The average molecular weight is 524 g/mol. The van der Waals surface area contributed by atoms with Gasteiger partial charge in [-0.15, -0.1) is 0 Å². The average Bonchev–Trinajstić information content (AvgIpc) is 3.48. The third kappa shape index (κ3) is 5.30. The largest absolute Gasteiger partial charge is 0.345 e. The number of nitrogens with zero attached hydrogens (tertiary/aromatic N) is 1. The molecule has 37 heavy (non-hydrogen) atoms. The van der Waals surface area contributed by atoms with Crippen molar-refractivity contribution in [3.63, 3.8) is 0 Å². The number of halogens is 3. The molecule has 0 spiro atoms. The molecule has 5 nitrogen and oxygen atoms in total. The Balaban J connectivity index is 1.38. The first kappa shape index (κ1) is 25.5. The summed E-state index contributed by atoms with van der Waals surface area (Å²) in [5.74, 6) is -1.70. The van der Waals surface area contributed by atoms with Gasteiger partial charge < -0.3 is 10.6 Å². The number of benzene rings is 3. The fourth-order valence-electron chi connectivity index (χ4n) is 5.66. The Morgan fingerprint density at radius 1 is 0.973 bits per heavy atom. The molecule has 2 unspecified atom stereocenters. The van der Waals surface area contributed by atoms with Crippen LogP contribution >= 0.6 is 11.6 Å². The van der Waals surface area contributed by atoms with Gasteiger partial charge in [0.1, 0.15) is 11.6 Å². The van der Waals surface area contributed by atoms with Gasteiger partial charge >= 0.3 is 0 Å². The molecule has 3 aromatic carbocycles. The number of carbonyl (C=O) groups is 2. The van der Waals surface area contributed by atoms with Crippen LogP contribution in [0, 0.1) is 23.5 Å². The Kier molecular flexibility index (Phi) is 7.65. The number of fused-ring (bicyclic) bond motifs is 1. The van der Waals surface area contributed by atoms with E-state index in [2.05, 4.69) is 15.5 Å². The van der Waals surface area contributed by atoms with E-state index in [0.29, 0.717) is 26.1 Å². The summed E-state index contributed by atoms with van der Waals surface area (Å²) in [6.45, 7) is 2.65. The van der Waals surface area contributed by atoms with Crippen LogP contribution in [0.2, 0.25) is 5.02 Å². The number of nitrogens with one attached hydrogen (secondary N) is 2. The molecule has 0 bridgehead atoms. The molecule has 2 aliphatic rings. The van der Waals surface area contributed by atoms with Gasteiger partial charge in [0.2, 0.25) is 0 Å². The normalized spacial score (nSPS) is 22.0. The minimum Gasteiger partial charge on any atom is -0.345 e. The van der Waals surface area contributed by atoms with Crippen molar-refractivity contribution in [3.05, 3.63) is 106 Å². The fraction of sp³-hybridized carbons (Fsp3) is 0.310. The van der Waals surface area contributed by atoms with Crippen LogP contribution < -0.4 is 10.6 Å². The number of rotatable bonds is 8. The lowest BCUT2D eigenvalue weighted by atomic mass is 9.89. The molecule has 0 aliphatic carbocycles. The van der Waals surface area contributed by atoms with E-state index in [1.165, 1.54) is 30.3 Å². The van der Waals surface area contributed by atoms with Crippen LogP contribution in [0.1, 0.15) is 38.7 Å². The van der Waals surface area contributed by atoms with E-state index in [9.17, 15) is 18.4 Å². The fourth-order valence-corrected chi connectivity index (χ4v) is 5.92. The topological polar surface area (TPSA) is 61.4 Å². The van der Waals surface area contributed by atoms with Gasteiger partial charge in [0.15, 0.2) is 5.78 Å². The molecule has 1 amide bonds. The molecule has 2 fully saturated rings. The lowest BCUT2D eigenvalue weighted by molar-refractivity contribution is 0.0816. The molecule has 0 saturated carbocycles. The molecular formula is C29H28ClF2N3O2. The first-order valence-electron chi connectivity index (χ1n) is 12.5. The summed E-state index contributed by atoms with van der Waals surface area (Å²) in [4.78, 5) is 28.7. The van der Waals surface area contributed by atoms with E-state index in [-0.39, 0.29) is 33.8 Å². The molecule has 192 valence electrons. The standard InChI is InChI=1S/C29H28ClF2N3O2/c30-22-10-6-12-24(32)26(22)28(36)27-21-16-33-15-19(21)17-35(27)14-13-25(18-7-2-1-3-8-18)34-29(37)20-9-4-5-11-23(20)31/h1-12,19,21,25,27,33H,13-17H2,(H,34,37)/t19?,21-,25?,27+/m1/s1. The maximum atomic E-state index is 14.7. The lowest BCUT2D eigenvalue weighted by Gasteiger charge is -2.29. The predicted molar refractivity (Wildman–Crippen MR) is 139 cm³/mol. The van der Waals surface area contributed by atoms with Crippen molar-refractivity contribution in [1.29, 1.82) is 0 Å². The maximum Gasteiger partial charge on any atom is 0.254 e. The highest BCUT2D eigenvalue weighted by atomic mass is 35.5. The van der Waals surface area contributed by atoms with Gasteiger partial charge in [0, 0.05) is 19.6 Å². The Labute approximate surface area is 219 Å². The van der Waals surface area contributed by atoms with E-state index >= 15 is 0 Å². The number of hydrogen-bond donors (Lipinski definition) is 2. The van der Waals surface area contributed by atoms with Crippen LogP contribution in [0.5, 0.6) is 0 Å². The molecule has 2 saturated heterocycles. The summed E-state index contributed by atoms with van der Waals surface area (Å²) in [6.07, 6.45) is 0.492. The van der Waals surface area contributed by atoms with Crippen molar-refractivity contribution in [2.75, 3.05) is 26.2 Å². The third-order valence-corrected chi connectivity index (χ3v) is 7.78. The van der Waals surface area contributed by atoms with E-state index in [0.717, 1.165) is 12.1 Å². The molecule has 0 radical (unpaired) electrons. The molecule has 2 heterocycles. The van der Waals surface area contributed by atoms with Crippen LogP contribution in [0.25, 0.3) is 0 Å². The van der Waals surface area contributed by atoms with Crippen LogP contribution in [-0.4, -0.2) is 48.8 Å². The minimum absolute atomic E-state index is 0.0209. The van der Waals surface area contributed by atoms with Crippen molar-refractivity contribution < 1.29 is 18.4 Å². The highest BCUT2D eigenvalue weighted by Gasteiger charge is 2.48. The van der Waals surface area contributed by atoms with Crippen LogP contribution in [-0.2, 0) is 0 Å². The first-order valence-corrected chi connectivity index (χ1v) is 12.8. The summed E-state index contributed by atoms with van der Waals surface area (Å²) in [6, 6.07) is 18.7. The molecule has 3 aromatic rings. The zero-order valence-electron chi connectivity index (χ0n) is 20.2. The molecule has 4 atom stereocenters. The third-order valence-electron chi connectivity index (χ3n) is 7.47. The van der Waals surface area contributed by atoms with Crippen molar-refractivity contribution in [2.45, 2.75) is 18.5 Å². The molecule has 2 aliphatic heterocycles. The quantitative estimate of drug-likeness (QED) is 0.413. The molecule has 8 heteroatoms. The van der Waals surface area contributed by atoms with Gasteiger partial charge in [-0.1, -0.05) is 60.1 Å². The minimum atomic E-state index is -0.619. The summed E-state index contributed by atoms with van der Waals surface area (Å²) in [5, 5.41) is 6.44. The second-order valence-electron chi connectivity index (χ2n) is 9.69. The Morgan fingerprint density at radius 3 is 2.46 bits per heavy atom. The van der Waals surface area contributed by atoms with E-state index in [1.54, 1.807) is 12.1 Å². The Morgan fingerprint density at radius 2 is 1.70 bits per heavy atom. The Bertz CT molecular complexity index is 1270. The van der Waals surface area contributed by atoms with Crippen molar-refractivity contribution in [3.8, 4) is 0 Å². The van der Waals surface area contributed by atoms with Gasteiger partial charge in [-0.3, -0.25) is 14.5 Å². The van der Waals surface area contributed by atoms with Gasteiger partial charge in [-0.2, -0.15) is 0 Å². The smallest absolute Gasteiger partial charge is 0.254 e. The van der Waals surface area contributed by atoms with Crippen LogP contribution in [0.4, 0.5) is 8.78 Å². The lowest BCUT2D eigenvalue weighted by Crippen LogP contribution is -2.43. The highest BCUT2D eigenvalue weighted by Crippen LogP contribution is 2.36. The summed E-state index contributed by atoms with van der Waals surface area (Å²) >= 11 is 6.26. The van der Waals surface area contributed by atoms with E-state index in [4.69, 9.17) is 11.6 Å². The van der Waals surface area contributed by atoms with E-state index < -0.39 is 29.6 Å². The summed E-state index contributed by atoms with van der Waals surface area (Å²) in [7, 11) is 0. The van der Waals surface area contributed by atoms with Gasteiger partial charge in [-0.25, -0.2) is 8.78 Å². The number of ketones is 1.